The third kappa shape index (κ3) is 4.01. The van der Waals surface area contributed by atoms with Gasteiger partial charge >= 0.3 is 0 Å². The first-order valence-corrected chi connectivity index (χ1v) is 7.67. The molecule has 3 aromatic rings. The van der Waals surface area contributed by atoms with Crippen molar-refractivity contribution in [3.8, 4) is 5.75 Å². The molecule has 2 aromatic carbocycles. The Morgan fingerprint density at radius 1 is 1.23 bits per heavy atom. The smallest absolute Gasteiger partial charge is 0.269 e. The highest BCUT2D eigenvalue weighted by Crippen LogP contribution is 2.18. The fourth-order valence-corrected chi connectivity index (χ4v) is 2.30. The van der Waals surface area contributed by atoms with Gasteiger partial charge in [0.25, 0.3) is 11.2 Å². The number of anilines is 1. The van der Waals surface area contributed by atoms with E-state index in [-0.39, 0.29) is 30.2 Å². The van der Waals surface area contributed by atoms with E-state index in [0.29, 0.717) is 22.3 Å². The number of H-pyrrole nitrogens is 1. The summed E-state index contributed by atoms with van der Waals surface area (Å²) in [5.74, 6) is 0.151. The van der Waals surface area contributed by atoms with Gasteiger partial charge in [-0.2, -0.15) is 0 Å². The number of fused-ring (bicyclic) bond motifs is 1. The van der Waals surface area contributed by atoms with Crippen LogP contribution in [0.15, 0.2) is 53.6 Å². The van der Waals surface area contributed by atoms with E-state index >= 15 is 0 Å². The molecule has 1 heterocycles. The quantitative estimate of drug-likeness (QED) is 0.516. The zero-order chi connectivity index (χ0) is 18.5. The van der Waals surface area contributed by atoms with Crippen molar-refractivity contribution in [2.45, 2.75) is 6.42 Å². The number of amides is 1. The van der Waals surface area contributed by atoms with E-state index in [2.05, 4.69) is 15.3 Å². The number of hydrogen-bond donors (Lipinski definition) is 2. The summed E-state index contributed by atoms with van der Waals surface area (Å²) >= 11 is 0. The van der Waals surface area contributed by atoms with E-state index in [4.69, 9.17) is 4.74 Å². The van der Waals surface area contributed by atoms with Crippen molar-refractivity contribution in [1.82, 2.24) is 9.97 Å². The predicted molar refractivity (Wildman–Crippen MR) is 94.2 cm³/mol. The van der Waals surface area contributed by atoms with E-state index in [0.717, 1.165) is 0 Å². The molecular weight excluding hydrogens is 340 g/mol. The summed E-state index contributed by atoms with van der Waals surface area (Å²) in [5, 5.41) is 13.6. The van der Waals surface area contributed by atoms with Crippen LogP contribution in [0.3, 0.4) is 0 Å². The standard InChI is InChI=1S/C17H14N4O5/c22-16(7-8-26-13-4-2-12(3-5-13)21(24)25)20-11-1-6-15-14(9-11)17(23)19-10-18-15/h1-6,9-10H,7-8H2,(H,20,22)(H,18,19,23). The lowest BCUT2D eigenvalue weighted by atomic mass is 10.2. The van der Waals surface area contributed by atoms with Crippen LogP contribution in [0.25, 0.3) is 10.9 Å². The van der Waals surface area contributed by atoms with E-state index in [1.54, 1.807) is 18.2 Å². The summed E-state index contributed by atoms with van der Waals surface area (Å²) in [7, 11) is 0. The summed E-state index contributed by atoms with van der Waals surface area (Å²) in [5.41, 5.74) is 0.702. The number of nitro benzene ring substituents is 1. The second kappa shape index (κ2) is 7.43. The third-order valence-electron chi connectivity index (χ3n) is 3.57. The van der Waals surface area contributed by atoms with Crippen LogP contribution in [0.1, 0.15) is 6.42 Å². The molecule has 9 nitrogen and oxygen atoms in total. The Morgan fingerprint density at radius 3 is 2.73 bits per heavy atom. The molecule has 0 radical (unpaired) electrons. The topological polar surface area (TPSA) is 127 Å². The highest BCUT2D eigenvalue weighted by Gasteiger charge is 2.07. The Kier molecular flexibility index (Phi) is 4.88. The van der Waals surface area contributed by atoms with Crippen molar-refractivity contribution >= 4 is 28.2 Å². The maximum atomic E-state index is 12.0. The van der Waals surface area contributed by atoms with Gasteiger partial charge in [0, 0.05) is 17.8 Å². The van der Waals surface area contributed by atoms with Crippen molar-refractivity contribution in [3.05, 3.63) is 69.3 Å². The van der Waals surface area contributed by atoms with Crippen molar-refractivity contribution in [2.75, 3.05) is 11.9 Å². The molecule has 1 aromatic heterocycles. The van der Waals surface area contributed by atoms with Crippen LogP contribution in [0.2, 0.25) is 0 Å². The molecule has 26 heavy (non-hydrogen) atoms. The van der Waals surface area contributed by atoms with Crippen molar-refractivity contribution in [1.29, 1.82) is 0 Å². The highest BCUT2D eigenvalue weighted by atomic mass is 16.6. The highest BCUT2D eigenvalue weighted by molar-refractivity contribution is 5.93. The minimum Gasteiger partial charge on any atom is -0.493 e. The number of nitrogens with zero attached hydrogens (tertiary/aromatic N) is 2. The molecule has 0 spiro atoms. The molecule has 0 bridgehead atoms. The van der Waals surface area contributed by atoms with Crippen LogP contribution < -0.4 is 15.6 Å². The van der Waals surface area contributed by atoms with Crippen molar-refractivity contribution < 1.29 is 14.5 Å². The molecule has 9 heteroatoms. The maximum Gasteiger partial charge on any atom is 0.269 e. The number of benzene rings is 2. The molecule has 0 aliphatic carbocycles. The average Bonchev–Trinajstić information content (AvgIpc) is 2.63. The lowest BCUT2D eigenvalue weighted by Crippen LogP contribution is -2.15. The molecule has 0 atom stereocenters. The summed E-state index contributed by atoms with van der Waals surface area (Å²) < 4.78 is 5.39. The monoisotopic (exact) mass is 354 g/mol. The Balaban J connectivity index is 1.55. The lowest BCUT2D eigenvalue weighted by molar-refractivity contribution is -0.384. The molecule has 1 amide bonds. The second-order valence-corrected chi connectivity index (χ2v) is 5.36. The number of non-ortho nitro benzene ring substituents is 1. The van der Waals surface area contributed by atoms with Gasteiger partial charge in [-0.1, -0.05) is 0 Å². The molecule has 0 saturated heterocycles. The SMILES string of the molecule is O=C(CCOc1ccc([N+](=O)[O-])cc1)Nc1ccc2nc[nH]c(=O)c2c1. The van der Waals surface area contributed by atoms with Crippen LogP contribution in [-0.2, 0) is 4.79 Å². The number of aromatic nitrogens is 2. The summed E-state index contributed by atoms with van der Waals surface area (Å²) in [4.78, 5) is 40.3. The molecule has 0 unspecified atom stereocenters. The number of carbonyl (C=O) groups is 1. The van der Waals surface area contributed by atoms with Gasteiger partial charge in [-0.3, -0.25) is 19.7 Å². The van der Waals surface area contributed by atoms with Crippen LogP contribution in [0.5, 0.6) is 5.75 Å². The first-order valence-electron chi connectivity index (χ1n) is 7.67. The van der Waals surface area contributed by atoms with E-state index in [9.17, 15) is 19.7 Å². The van der Waals surface area contributed by atoms with Gasteiger partial charge in [-0.25, -0.2) is 4.98 Å². The Hall–Kier alpha value is -3.75. The molecule has 132 valence electrons. The van der Waals surface area contributed by atoms with Gasteiger partial charge in [0.15, 0.2) is 0 Å². The molecule has 0 aliphatic rings. The Labute approximate surface area is 146 Å². The normalized spacial score (nSPS) is 10.5. The van der Waals surface area contributed by atoms with Crippen molar-refractivity contribution in [3.63, 3.8) is 0 Å². The minimum absolute atomic E-state index is 0.0316. The number of ether oxygens (including phenoxy) is 1. The fraction of sp³-hybridized carbons (Fsp3) is 0.118. The van der Waals surface area contributed by atoms with Crippen LogP contribution in [0, 0.1) is 10.1 Å². The largest absolute Gasteiger partial charge is 0.493 e. The van der Waals surface area contributed by atoms with Gasteiger partial charge in [0.05, 0.1) is 35.2 Å². The minimum atomic E-state index is -0.499. The molecule has 0 aliphatic heterocycles. The van der Waals surface area contributed by atoms with Crippen LogP contribution in [0.4, 0.5) is 11.4 Å². The number of nitrogens with one attached hydrogen (secondary N) is 2. The number of hydrogen-bond acceptors (Lipinski definition) is 6. The summed E-state index contributed by atoms with van der Waals surface area (Å²) in [6, 6.07) is 10.5. The average molecular weight is 354 g/mol. The third-order valence-corrected chi connectivity index (χ3v) is 3.57. The molecule has 2 N–H and O–H groups in total. The van der Waals surface area contributed by atoms with Gasteiger partial charge in [-0.15, -0.1) is 0 Å². The van der Waals surface area contributed by atoms with Crippen LogP contribution in [-0.4, -0.2) is 27.4 Å². The predicted octanol–water partition coefficient (Wildman–Crippen LogP) is 2.24. The number of nitro groups is 1. The van der Waals surface area contributed by atoms with Crippen molar-refractivity contribution in [2.24, 2.45) is 0 Å². The second-order valence-electron chi connectivity index (χ2n) is 5.36. The zero-order valence-corrected chi connectivity index (χ0v) is 13.5. The molecule has 0 saturated carbocycles. The maximum absolute atomic E-state index is 12.0. The first kappa shape index (κ1) is 17.1. The molecule has 3 rings (SSSR count). The Morgan fingerprint density at radius 2 is 2.00 bits per heavy atom. The van der Waals surface area contributed by atoms with Gasteiger partial charge in [0.2, 0.25) is 5.91 Å². The number of aromatic amines is 1. The van der Waals surface area contributed by atoms with E-state index in [1.165, 1.54) is 30.6 Å². The number of rotatable bonds is 6. The zero-order valence-electron chi connectivity index (χ0n) is 13.5. The molecule has 0 fully saturated rings. The Bertz CT molecular complexity index is 1010. The van der Waals surface area contributed by atoms with E-state index < -0.39 is 4.92 Å². The molecular formula is C17H14N4O5. The summed E-state index contributed by atoms with van der Waals surface area (Å²) in [6.45, 7) is 0.110. The van der Waals surface area contributed by atoms with Gasteiger partial charge in [-0.05, 0) is 30.3 Å². The fourth-order valence-electron chi connectivity index (χ4n) is 2.30. The van der Waals surface area contributed by atoms with Gasteiger partial charge < -0.3 is 15.0 Å². The first-order chi connectivity index (χ1) is 12.5. The lowest BCUT2D eigenvalue weighted by Gasteiger charge is -2.08. The van der Waals surface area contributed by atoms with E-state index in [1.807, 2.05) is 0 Å². The van der Waals surface area contributed by atoms with Gasteiger partial charge in [0.1, 0.15) is 5.75 Å². The number of carbonyl (C=O) groups excluding carboxylic acids is 1. The van der Waals surface area contributed by atoms with Crippen LogP contribution >= 0.6 is 0 Å². The summed E-state index contributed by atoms with van der Waals surface area (Å²) in [6.07, 6.45) is 1.40.